The van der Waals surface area contributed by atoms with Gasteiger partial charge in [0, 0.05) is 0 Å². The zero-order chi connectivity index (χ0) is 12.6. The molecule has 0 bridgehead atoms. The van der Waals surface area contributed by atoms with Crippen LogP contribution in [-0.2, 0) is 6.18 Å². The summed E-state index contributed by atoms with van der Waals surface area (Å²) in [6.07, 6.45) is -4.76. The highest BCUT2D eigenvalue weighted by molar-refractivity contribution is 5.62. The summed E-state index contributed by atoms with van der Waals surface area (Å²) in [5.41, 5.74) is 4.81. The molecule has 0 aliphatic heterocycles. The van der Waals surface area contributed by atoms with Crippen molar-refractivity contribution in [2.24, 2.45) is 0 Å². The molecule has 2 aromatic rings. The molecule has 17 heavy (non-hydrogen) atoms. The number of benzene rings is 1. The minimum Gasteiger partial charge on any atom is -0.396 e. The monoisotopic (exact) mass is 247 g/mol. The third-order valence-electron chi connectivity index (χ3n) is 1.94. The van der Waals surface area contributed by atoms with Crippen LogP contribution in [0, 0.1) is 5.82 Å². The molecule has 2 rings (SSSR count). The van der Waals surface area contributed by atoms with E-state index in [4.69, 9.17) is 5.73 Å². The van der Waals surface area contributed by atoms with Crippen molar-refractivity contribution in [2.45, 2.75) is 6.18 Å². The molecule has 4 nitrogen and oxygen atoms in total. The number of nitrogen functional groups attached to an aromatic ring is 1. The minimum absolute atomic E-state index is 0.208. The summed E-state index contributed by atoms with van der Waals surface area (Å²) >= 11 is 0. The Morgan fingerprint density at radius 3 is 2.53 bits per heavy atom. The first kappa shape index (κ1) is 11.4. The third kappa shape index (κ3) is 2.05. The van der Waals surface area contributed by atoms with Gasteiger partial charge in [0.25, 0.3) is 0 Å². The average Bonchev–Trinajstić information content (AvgIpc) is 2.70. The van der Waals surface area contributed by atoms with Gasteiger partial charge in [-0.15, -0.1) is 0 Å². The van der Waals surface area contributed by atoms with Gasteiger partial charge in [-0.3, -0.25) is 0 Å². The van der Waals surface area contributed by atoms with Crippen LogP contribution in [0.3, 0.4) is 0 Å². The first-order valence-electron chi connectivity index (χ1n) is 4.35. The van der Waals surface area contributed by atoms with Gasteiger partial charge in [-0.25, -0.2) is 4.39 Å². The number of alkyl halides is 3. The van der Waals surface area contributed by atoms with Crippen molar-refractivity contribution in [3.05, 3.63) is 29.9 Å². The summed E-state index contributed by atoms with van der Waals surface area (Å²) in [6.45, 7) is 0. The Labute approximate surface area is 92.0 Å². The second kappa shape index (κ2) is 3.72. The summed E-state index contributed by atoms with van der Waals surface area (Å²) in [7, 11) is 0. The largest absolute Gasteiger partial charge is 0.471 e. The molecule has 1 aromatic carbocycles. The molecule has 0 radical (unpaired) electrons. The number of halogens is 4. The molecular weight excluding hydrogens is 242 g/mol. The van der Waals surface area contributed by atoms with E-state index in [-0.39, 0.29) is 11.3 Å². The fourth-order valence-electron chi connectivity index (χ4n) is 1.17. The van der Waals surface area contributed by atoms with Crippen molar-refractivity contribution >= 4 is 5.69 Å². The summed E-state index contributed by atoms with van der Waals surface area (Å²) in [6, 6.07) is 3.84. The van der Waals surface area contributed by atoms with E-state index in [1.807, 2.05) is 0 Å². The molecule has 0 aliphatic rings. The molecule has 0 saturated carbocycles. The van der Waals surface area contributed by atoms with Gasteiger partial charge in [0.05, 0.1) is 11.3 Å². The van der Waals surface area contributed by atoms with E-state index in [1.54, 1.807) is 0 Å². The lowest BCUT2D eigenvalue weighted by atomic mass is 10.2. The van der Waals surface area contributed by atoms with Crippen LogP contribution in [0.1, 0.15) is 5.89 Å². The predicted molar refractivity (Wildman–Crippen MR) is 49.1 cm³/mol. The number of rotatable bonds is 1. The summed E-state index contributed by atoms with van der Waals surface area (Å²) in [5, 5.41) is 3.05. The van der Waals surface area contributed by atoms with Crippen LogP contribution in [0.25, 0.3) is 11.4 Å². The van der Waals surface area contributed by atoms with Crippen molar-refractivity contribution in [3.8, 4) is 11.4 Å². The van der Waals surface area contributed by atoms with Crippen LogP contribution in [-0.4, -0.2) is 10.1 Å². The van der Waals surface area contributed by atoms with E-state index in [1.165, 1.54) is 18.2 Å². The molecule has 90 valence electrons. The lowest BCUT2D eigenvalue weighted by Gasteiger charge is -2.00. The van der Waals surface area contributed by atoms with Crippen molar-refractivity contribution in [3.63, 3.8) is 0 Å². The van der Waals surface area contributed by atoms with Crippen molar-refractivity contribution in [2.75, 3.05) is 5.73 Å². The maximum Gasteiger partial charge on any atom is 0.471 e. The van der Waals surface area contributed by atoms with Crippen molar-refractivity contribution < 1.29 is 22.1 Å². The first-order valence-corrected chi connectivity index (χ1v) is 4.35. The maximum atomic E-state index is 13.5. The molecule has 0 aliphatic carbocycles. The van der Waals surface area contributed by atoms with Gasteiger partial charge in [0.15, 0.2) is 5.82 Å². The molecule has 2 N–H and O–H groups in total. The molecule has 0 unspecified atom stereocenters. The lowest BCUT2D eigenvalue weighted by molar-refractivity contribution is -0.159. The van der Waals surface area contributed by atoms with Gasteiger partial charge in [0.1, 0.15) is 0 Å². The zero-order valence-electron chi connectivity index (χ0n) is 8.12. The van der Waals surface area contributed by atoms with Gasteiger partial charge in [0.2, 0.25) is 5.82 Å². The standard InChI is InChI=1S/C9H5F4N3O/c10-6-4(2-1-3-5(6)14)7-15-8(17-16-7)9(11,12)13/h1-3H,14H2. The molecule has 0 amide bonds. The van der Waals surface area contributed by atoms with Crippen molar-refractivity contribution in [1.82, 2.24) is 10.1 Å². The number of nitrogens with zero attached hydrogens (tertiary/aromatic N) is 2. The Bertz CT molecular complexity index is 549. The first-order chi connectivity index (χ1) is 7.89. The fourth-order valence-corrected chi connectivity index (χ4v) is 1.17. The molecular formula is C9H5F4N3O. The van der Waals surface area contributed by atoms with Crippen LogP contribution in [0.5, 0.6) is 0 Å². The molecule has 0 fully saturated rings. The van der Waals surface area contributed by atoms with Crippen LogP contribution < -0.4 is 5.73 Å². The summed E-state index contributed by atoms with van der Waals surface area (Å²) in [5.74, 6) is -2.92. The SMILES string of the molecule is Nc1cccc(-c2noc(C(F)(F)F)n2)c1F. The van der Waals surface area contributed by atoms with Gasteiger partial charge in [-0.1, -0.05) is 11.2 Å². The Morgan fingerprint density at radius 2 is 1.94 bits per heavy atom. The highest BCUT2D eigenvalue weighted by Crippen LogP contribution is 2.30. The number of hydrogen-bond acceptors (Lipinski definition) is 4. The lowest BCUT2D eigenvalue weighted by Crippen LogP contribution is -2.05. The number of nitrogens with two attached hydrogens (primary N) is 1. The molecule has 0 atom stereocenters. The van der Waals surface area contributed by atoms with E-state index >= 15 is 0 Å². The van der Waals surface area contributed by atoms with E-state index in [9.17, 15) is 17.6 Å². The summed E-state index contributed by atoms with van der Waals surface area (Å²) in [4.78, 5) is 3.06. The maximum absolute atomic E-state index is 13.5. The topological polar surface area (TPSA) is 64.9 Å². The van der Waals surface area contributed by atoms with Crippen molar-refractivity contribution in [1.29, 1.82) is 0 Å². The van der Waals surface area contributed by atoms with Gasteiger partial charge in [-0.05, 0) is 12.1 Å². The van der Waals surface area contributed by atoms with Crippen LogP contribution >= 0.6 is 0 Å². The number of aromatic nitrogens is 2. The van der Waals surface area contributed by atoms with E-state index in [0.717, 1.165) is 0 Å². The fraction of sp³-hybridized carbons (Fsp3) is 0.111. The second-order valence-electron chi connectivity index (χ2n) is 3.13. The third-order valence-corrected chi connectivity index (χ3v) is 1.94. The van der Waals surface area contributed by atoms with E-state index in [2.05, 4.69) is 14.7 Å². The quantitative estimate of drug-likeness (QED) is 0.621. The second-order valence-corrected chi connectivity index (χ2v) is 3.13. The van der Waals surface area contributed by atoms with Gasteiger partial charge >= 0.3 is 12.1 Å². The highest BCUT2D eigenvalue weighted by atomic mass is 19.4. The summed E-state index contributed by atoms with van der Waals surface area (Å²) < 4.78 is 54.0. The molecule has 0 saturated heterocycles. The van der Waals surface area contributed by atoms with Crippen LogP contribution in [0.15, 0.2) is 22.7 Å². The van der Waals surface area contributed by atoms with Crippen LogP contribution in [0.4, 0.5) is 23.2 Å². The Hall–Kier alpha value is -2.12. The molecule has 1 heterocycles. The minimum atomic E-state index is -4.76. The zero-order valence-corrected chi connectivity index (χ0v) is 8.12. The smallest absolute Gasteiger partial charge is 0.396 e. The molecule has 8 heteroatoms. The van der Waals surface area contributed by atoms with E-state index in [0.29, 0.717) is 0 Å². The Morgan fingerprint density at radius 1 is 1.24 bits per heavy atom. The highest BCUT2D eigenvalue weighted by Gasteiger charge is 2.38. The number of anilines is 1. The Balaban J connectivity index is 2.48. The van der Waals surface area contributed by atoms with Crippen LogP contribution in [0.2, 0.25) is 0 Å². The van der Waals surface area contributed by atoms with Gasteiger partial charge < -0.3 is 10.3 Å². The molecule has 1 aromatic heterocycles. The Kier molecular flexibility index (Phi) is 2.49. The average molecular weight is 247 g/mol. The van der Waals surface area contributed by atoms with E-state index < -0.39 is 23.7 Å². The predicted octanol–water partition coefficient (Wildman–Crippen LogP) is 2.48. The normalized spacial score (nSPS) is 11.8. The number of hydrogen-bond donors (Lipinski definition) is 1. The molecule has 0 spiro atoms. The van der Waals surface area contributed by atoms with Gasteiger partial charge in [-0.2, -0.15) is 18.2 Å².